The van der Waals surface area contributed by atoms with Gasteiger partial charge in [0.1, 0.15) is 0 Å². The molecule has 0 unspecified atom stereocenters. The molecule has 0 spiro atoms. The van der Waals surface area contributed by atoms with Gasteiger partial charge in [-0.2, -0.15) is 13.2 Å². The Balaban J connectivity index is 2.65. The summed E-state index contributed by atoms with van der Waals surface area (Å²) in [5.74, 6) is -0.399. The number of halogens is 3. The lowest BCUT2D eigenvalue weighted by Gasteiger charge is -2.08. The van der Waals surface area contributed by atoms with Gasteiger partial charge in [0, 0.05) is 18.4 Å². The third kappa shape index (κ3) is 5.35. The zero-order chi connectivity index (χ0) is 14.5. The monoisotopic (exact) mass is 296 g/mol. The molecule has 0 aliphatic heterocycles. The smallest absolute Gasteiger partial charge is 0.441 e. The Kier molecular flexibility index (Phi) is 5.43. The molecule has 0 aliphatic carbocycles. The Morgan fingerprint density at radius 3 is 2.63 bits per heavy atom. The number of ether oxygens (including phenoxy) is 1. The number of nitrogens with zero attached hydrogens (tertiary/aromatic N) is 1. The molecule has 0 aliphatic rings. The summed E-state index contributed by atoms with van der Waals surface area (Å²) in [5, 5.41) is 10.8. The molecule has 0 saturated carbocycles. The van der Waals surface area contributed by atoms with Gasteiger partial charge in [-0.25, -0.2) is 0 Å². The molecule has 0 bridgehead atoms. The average Bonchev–Trinajstić information content (AvgIpc) is 2.33. The average molecular weight is 296 g/mol. The second-order valence-corrected chi connectivity index (χ2v) is 4.57. The van der Waals surface area contributed by atoms with Crippen LogP contribution in [-0.2, 0) is 6.54 Å². The standard InChI is InChI=1S/C10H11F3N2O3S/c11-10(12,13)19-4-3-18-9-2-1-7(6-14)5-8(9)15(16)17/h1-2,5H,3-4,6,14H2. The quantitative estimate of drug-likeness (QED) is 0.496. The highest BCUT2D eigenvalue weighted by Crippen LogP contribution is 2.31. The van der Waals surface area contributed by atoms with Crippen LogP contribution in [0.25, 0.3) is 0 Å². The van der Waals surface area contributed by atoms with Crippen molar-refractivity contribution in [2.45, 2.75) is 12.1 Å². The number of rotatable bonds is 6. The van der Waals surface area contributed by atoms with E-state index in [-0.39, 0.29) is 42.1 Å². The maximum atomic E-state index is 11.9. The molecule has 19 heavy (non-hydrogen) atoms. The number of nitro benzene ring substituents is 1. The van der Waals surface area contributed by atoms with Gasteiger partial charge in [0.05, 0.1) is 11.5 Å². The number of nitrogens with two attached hydrogens (primary N) is 1. The minimum Gasteiger partial charge on any atom is -0.486 e. The van der Waals surface area contributed by atoms with Crippen LogP contribution < -0.4 is 10.5 Å². The molecule has 1 aromatic rings. The summed E-state index contributed by atoms with van der Waals surface area (Å²) in [4.78, 5) is 10.1. The summed E-state index contributed by atoms with van der Waals surface area (Å²) in [6.07, 6.45) is 0. The van der Waals surface area contributed by atoms with Gasteiger partial charge in [0.2, 0.25) is 0 Å². The zero-order valence-corrected chi connectivity index (χ0v) is 10.5. The number of hydrogen-bond donors (Lipinski definition) is 1. The van der Waals surface area contributed by atoms with Gasteiger partial charge < -0.3 is 10.5 Å². The highest BCUT2D eigenvalue weighted by molar-refractivity contribution is 8.00. The summed E-state index contributed by atoms with van der Waals surface area (Å²) in [6.45, 7) is -0.141. The fourth-order valence-electron chi connectivity index (χ4n) is 1.26. The van der Waals surface area contributed by atoms with E-state index in [0.717, 1.165) is 0 Å². The summed E-state index contributed by atoms with van der Waals surface area (Å²) < 4.78 is 40.6. The van der Waals surface area contributed by atoms with Crippen molar-refractivity contribution in [1.29, 1.82) is 0 Å². The Morgan fingerprint density at radius 1 is 1.42 bits per heavy atom. The Hall–Kier alpha value is -1.48. The second kappa shape index (κ2) is 6.62. The fraction of sp³-hybridized carbons (Fsp3) is 0.400. The Labute approximate surface area is 111 Å². The lowest BCUT2D eigenvalue weighted by molar-refractivity contribution is -0.385. The number of nitro groups is 1. The molecule has 0 heterocycles. The summed E-state index contributed by atoms with van der Waals surface area (Å²) >= 11 is -0.240. The van der Waals surface area contributed by atoms with Crippen molar-refractivity contribution >= 4 is 17.4 Å². The van der Waals surface area contributed by atoms with Crippen molar-refractivity contribution in [2.75, 3.05) is 12.4 Å². The number of thioether (sulfide) groups is 1. The number of benzene rings is 1. The van der Waals surface area contributed by atoms with Gasteiger partial charge in [-0.1, -0.05) is 6.07 Å². The molecule has 1 aromatic carbocycles. The predicted molar refractivity (Wildman–Crippen MR) is 65.0 cm³/mol. The molecule has 0 atom stereocenters. The van der Waals surface area contributed by atoms with Gasteiger partial charge in [0.15, 0.2) is 5.75 Å². The molecule has 0 aromatic heterocycles. The molecule has 0 saturated heterocycles. The van der Waals surface area contributed by atoms with Crippen molar-refractivity contribution in [1.82, 2.24) is 0 Å². The zero-order valence-electron chi connectivity index (χ0n) is 9.64. The van der Waals surface area contributed by atoms with Crippen LogP contribution in [0.2, 0.25) is 0 Å². The van der Waals surface area contributed by atoms with E-state index in [0.29, 0.717) is 5.56 Å². The normalized spacial score (nSPS) is 11.4. The minimum atomic E-state index is -4.33. The Bertz CT molecular complexity index is 454. The molecule has 9 heteroatoms. The fourth-order valence-corrected chi connectivity index (χ4v) is 1.66. The van der Waals surface area contributed by atoms with Gasteiger partial charge in [-0.15, -0.1) is 0 Å². The summed E-state index contributed by atoms with van der Waals surface area (Å²) in [6, 6.07) is 4.10. The highest BCUT2D eigenvalue weighted by Gasteiger charge is 2.27. The van der Waals surface area contributed by atoms with Crippen LogP contribution >= 0.6 is 11.8 Å². The van der Waals surface area contributed by atoms with E-state index in [9.17, 15) is 23.3 Å². The maximum absolute atomic E-state index is 11.9. The van der Waals surface area contributed by atoms with E-state index in [1.165, 1.54) is 18.2 Å². The van der Waals surface area contributed by atoms with E-state index in [1.54, 1.807) is 0 Å². The molecule has 2 N–H and O–H groups in total. The molecule has 1 rings (SSSR count). The van der Waals surface area contributed by atoms with E-state index in [4.69, 9.17) is 10.5 Å². The predicted octanol–water partition coefficient (Wildman–Crippen LogP) is 2.69. The molecule has 0 amide bonds. The van der Waals surface area contributed by atoms with E-state index in [2.05, 4.69) is 0 Å². The van der Waals surface area contributed by atoms with Crippen molar-refractivity contribution in [3.8, 4) is 5.75 Å². The number of alkyl halides is 3. The third-order valence-corrected chi connectivity index (χ3v) is 2.76. The van der Waals surface area contributed by atoms with Gasteiger partial charge >= 0.3 is 11.2 Å². The number of hydrogen-bond acceptors (Lipinski definition) is 5. The van der Waals surface area contributed by atoms with Crippen LogP contribution in [0.1, 0.15) is 5.56 Å². The van der Waals surface area contributed by atoms with E-state index in [1.807, 2.05) is 0 Å². The van der Waals surface area contributed by atoms with Crippen LogP contribution in [-0.4, -0.2) is 22.8 Å². The van der Waals surface area contributed by atoms with Crippen LogP contribution in [0.5, 0.6) is 5.75 Å². The first-order valence-electron chi connectivity index (χ1n) is 5.14. The second-order valence-electron chi connectivity index (χ2n) is 3.41. The van der Waals surface area contributed by atoms with Crippen molar-refractivity contribution < 1.29 is 22.8 Å². The summed E-state index contributed by atoms with van der Waals surface area (Å²) in [5.41, 5.74) is 1.25. The Morgan fingerprint density at radius 2 is 2.11 bits per heavy atom. The van der Waals surface area contributed by atoms with Crippen LogP contribution in [0.3, 0.4) is 0 Å². The minimum absolute atomic E-state index is 0.0648. The maximum Gasteiger partial charge on any atom is 0.441 e. The van der Waals surface area contributed by atoms with Crippen LogP contribution in [0.4, 0.5) is 18.9 Å². The van der Waals surface area contributed by atoms with Gasteiger partial charge in [0.25, 0.3) is 0 Å². The van der Waals surface area contributed by atoms with Crippen LogP contribution in [0.15, 0.2) is 18.2 Å². The third-order valence-electron chi connectivity index (χ3n) is 2.06. The van der Waals surface area contributed by atoms with Gasteiger partial charge in [-0.05, 0) is 23.4 Å². The highest BCUT2D eigenvalue weighted by atomic mass is 32.2. The van der Waals surface area contributed by atoms with Crippen molar-refractivity contribution in [3.05, 3.63) is 33.9 Å². The molecule has 0 fully saturated rings. The van der Waals surface area contributed by atoms with Gasteiger partial charge in [-0.3, -0.25) is 10.1 Å². The molecule has 0 radical (unpaired) electrons. The SMILES string of the molecule is NCc1ccc(OCCSC(F)(F)F)c([N+](=O)[O-])c1. The first kappa shape index (κ1) is 15.6. The molecule has 106 valence electrons. The van der Waals surface area contributed by atoms with Crippen molar-refractivity contribution in [2.24, 2.45) is 5.73 Å². The summed E-state index contributed by atoms with van der Waals surface area (Å²) in [7, 11) is 0. The molecule has 5 nitrogen and oxygen atoms in total. The topological polar surface area (TPSA) is 78.4 Å². The van der Waals surface area contributed by atoms with Crippen LogP contribution in [0, 0.1) is 10.1 Å². The van der Waals surface area contributed by atoms with Crippen molar-refractivity contribution in [3.63, 3.8) is 0 Å². The first-order chi connectivity index (χ1) is 8.83. The lowest BCUT2D eigenvalue weighted by Crippen LogP contribution is -2.08. The first-order valence-corrected chi connectivity index (χ1v) is 6.13. The van der Waals surface area contributed by atoms with E-state index >= 15 is 0 Å². The lowest BCUT2D eigenvalue weighted by atomic mass is 10.2. The molecular weight excluding hydrogens is 285 g/mol. The molecular formula is C10H11F3N2O3S. The van der Waals surface area contributed by atoms with E-state index < -0.39 is 10.4 Å². The largest absolute Gasteiger partial charge is 0.486 e.